The molecule has 0 aromatic carbocycles. The summed E-state index contributed by atoms with van der Waals surface area (Å²) in [7, 11) is 1.41. The van der Waals surface area contributed by atoms with Crippen molar-refractivity contribution in [2.24, 2.45) is 7.05 Å². The van der Waals surface area contributed by atoms with Gasteiger partial charge in [0.1, 0.15) is 0 Å². The van der Waals surface area contributed by atoms with Crippen molar-refractivity contribution in [1.82, 2.24) is 19.1 Å². The number of carboxylic acid groups (broad SMARTS) is 1. The monoisotopic (exact) mass is 301 g/mol. The predicted molar refractivity (Wildman–Crippen MR) is 72.1 cm³/mol. The Kier molecular flexibility index (Phi) is 3.09. The lowest BCUT2D eigenvalue weighted by Crippen LogP contribution is -2.43. The Bertz CT molecular complexity index is 983. The van der Waals surface area contributed by atoms with E-state index in [1.165, 1.54) is 7.05 Å². The molecule has 0 aliphatic carbocycles. The van der Waals surface area contributed by atoms with Gasteiger partial charge in [0.2, 0.25) is 5.52 Å². The lowest BCUT2D eigenvalue weighted by atomic mass is 10.5. The number of carbonyl (C=O) groups is 1. The van der Waals surface area contributed by atoms with Gasteiger partial charge in [-0.1, -0.05) is 6.07 Å². The van der Waals surface area contributed by atoms with Crippen LogP contribution in [0.25, 0.3) is 17.1 Å². The van der Waals surface area contributed by atoms with Gasteiger partial charge in [0.15, 0.2) is 0 Å². The zero-order chi connectivity index (χ0) is 15.9. The minimum absolute atomic E-state index is 0.0507. The van der Waals surface area contributed by atoms with E-state index in [4.69, 9.17) is 0 Å². The predicted octanol–water partition coefficient (Wildman–Crippen LogP) is -2.55. The van der Waals surface area contributed by atoms with Crippen molar-refractivity contribution in [3.05, 3.63) is 51.4 Å². The molecule has 0 saturated heterocycles. The molecule has 0 fully saturated rings. The number of rotatable bonds is 3. The maximum absolute atomic E-state index is 12.3. The first-order valence-corrected chi connectivity index (χ1v) is 6.35. The fourth-order valence-corrected chi connectivity index (χ4v) is 2.17. The second kappa shape index (κ2) is 4.95. The summed E-state index contributed by atoms with van der Waals surface area (Å²) in [6.07, 6.45) is 3.44. The molecule has 22 heavy (non-hydrogen) atoms. The molecular weight excluding hydrogens is 290 g/mol. The first-order chi connectivity index (χ1) is 10.5. The largest absolute Gasteiger partial charge is 0.548 e. The molecule has 3 rings (SSSR count). The fraction of sp³-hybridized carbons (Fsp3) is 0.154. The number of carboxylic acids is 1. The number of hydrogen-bond acceptors (Lipinski definition) is 5. The lowest BCUT2D eigenvalue weighted by molar-refractivity contribution is -0.603. The maximum Gasteiger partial charge on any atom is 0.403 e. The average Bonchev–Trinajstić information content (AvgIpc) is 2.96. The number of hydrogen-bond donors (Lipinski definition) is 1. The molecule has 0 aliphatic heterocycles. The molecule has 3 aromatic rings. The Labute approximate surface area is 122 Å². The smallest absolute Gasteiger partial charge is 0.403 e. The number of aromatic amines is 1. The van der Waals surface area contributed by atoms with E-state index in [-0.39, 0.29) is 11.2 Å². The highest BCUT2D eigenvalue weighted by molar-refractivity contribution is 5.71. The molecule has 0 amide bonds. The van der Waals surface area contributed by atoms with Gasteiger partial charge in [-0.3, -0.25) is 13.9 Å². The topological polar surface area (TPSA) is 117 Å². The van der Waals surface area contributed by atoms with Crippen molar-refractivity contribution in [1.29, 1.82) is 0 Å². The highest BCUT2D eigenvalue weighted by Crippen LogP contribution is 2.04. The highest BCUT2D eigenvalue weighted by Gasteiger charge is 2.22. The Hall–Kier alpha value is -3.23. The molecule has 0 unspecified atom stereocenters. The number of H-pyrrole nitrogens is 1. The number of nitrogens with zero attached hydrogens (tertiary/aromatic N) is 4. The molecule has 9 heteroatoms. The van der Waals surface area contributed by atoms with Crippen LogP contribution in [0.5, 0.6) is 0 Å². The standard InChI is InChI=1S/C13H11N5O4/c1-16-10-9(11(21)18(13(16)22)7-8(19)20)14-12(15-10)17-5-3-2-4-6-17/h2-6H,7H2,1H3,(H-,14,15,19,20,21). The van der Waals surface area contributed by atoms with Crippen LogP contribution in [0.1, 0.15) is 0 Å². The Balaban J connectivity index is 2.31. The number of aromatic nitrogens is 5. The maximum atomic E-state index is 12.3. The molecule has 3 aromatic heterocycles. The number of imidazole rings is 1. The SMILES string of the molecule is Cn1c(=O)n(CC(=O)[O-])c(=O)c2[nH]c(-[n+]3ccccc3)nc21. The molecular formula is C13H11N5O4. The number of aryl methyl sites for hydroxylation is 1. The zero-order valence-corrected chi connectivity index (χ0v) is 11.5. The number of aliphatic carboxylic acids is 1. The van der Waals surface area contributed by atoms with E-state index in [1.807, 2.05) is 6.07 Å². The van der Waals surface area contributed by atoms with E-state index in [9.17, 15) is 19.5 Å². The molecule has 1 N–H and O–H groups in total. The van der Waals surface area contributed by atoms with Crippen molar-refractivity contribution in [3.8, 4) is 5.95 Å². The second-order valence-corrected chi connectivity index (χ2v) is 4.65. The van der Waals surface area contributed by atoms with E-state index >= 15 is 0 Å². The first-order valence-electron chi connectivity index (χ1n) is 6.35. The summed E-state index contributed by atoms with van der Waals surface area (Å²) in [6, 6.07) is 5.38. The molecule has 0 aliphatic rings. The molecule has 9 nitrogen and oxygen atoms in total. The minimum Gasteiger partial charge on any atom is -0.548 e. The Morgan fingerprint density at radius 2 is 2.00 bits per heavy atom. The van der Waals surface area contributed by atoms with Crippen LogP contribution in [-0.2, 0) is 18.4 Å². The van der Waals surface area contributed by atoms with E-state index in [0.29, 0.717) is 10.5 Å². The van der Waals surface area contributed by atoms with Gasteiger partial charge < -0.3 is 9.90 Å². The summed E-state index contributed by atoms with van der Waals surface area (Å²) in [4.78, 5) is 42.0. The molecule has 0 radical (unpaired) electrons. The Morgan fingerprint density at radius 1 is 1.32 bits per heavy atom. The van der Waals surface area contributed by atoms with Crippen molar-refractivity contribution in [2.75, 3.05) is 0 Å². The van der Waals surface area contributed by atoms with Crippen molar-refractivity contribution < 1.29 is 14.5 Å². The van der Waals surface area contributed by atoms with E-state index in [0.717, 1.165) is 4.57 Å². The van der Waals surface area contributed by atoms with Gasteiger partial charge in [-0.05, 0) is 17.1 Å². The van der Waals surface area contributed by atoms with E-state index in [1.54, 1.807) is 29.1 Å². The normalized spacial score (nSPS) is 11.0. The average molecular weight is 301 g/mol. The van der Waals surface area contributed by atoms with Crippen LogP contribution in [0, 0.1) is 0 Å². The summed E-state index contributed by atoms with van der Waals surface area (Å²) in [5.41, 5.74) is -1.32. The molecule has 112 valence electrons. The third-order valence-electron chi connectivity index (χ3n) is 3.21. The molecule has 0 atom stereocenters. The summed E-state index contributed by atoms with van der Waals surface area (Å²) in [5.74, 6) is -1.18. The number of nitrogens with one attached hydrogen (secondary N) is 1. The van der Waals surface area contributed by atoms with Gasteiger partial charge in [0, 0.05) is 7.05 Å². The third-order valence-corrected chi connectivity index (χ3v) is 3.21. The molecule has 3 heterocycles. The summed E-state index contributed by atoms with van der Waals surface area (Å²) in [5, 5.41) is 10.7. The van der Waals surface area contributed by atoms with E-state index < -0.39 is 23.8 Å². The van der Waals surface area contributed by atoms with Gasteiger partial charge in [-0.25, -0.2) is 14.3 Å². The van der Waals surface area contributed by atoms with Crippen LogP contribution in [0.15, 0.2) is 40.2 Å². The van der Waals surface area contributed by atoms with Gasteiger partial charge in [-0.15, -0.1) is 0 Å². The zero-order valence-electron chi connectivity index (χ0n) is 11.5. The van der Waals surface area contributed by atoms with Gasteiger partial charge in [0.05, 0.1) is 24.9 Å². The van der Waals surface area contributed by atoms with Crippen molar-refractivity contribution >= 4 is 17.1 Å². The fourth-order valence-electron chi connectivity index (χ4n) is 2.17. The van der Waals surface area contributed by atoms with Gasteiger partial charge in [0.25, 0.3) is 11.2 Å². The van der Waals surface area contributed by atoms with Gasteiger partial charge in [-0.2, -0.15) is 0 Å². The van der Waals surface area contributed by atoms with Crippen molar-refractivity contribution in [3.63, 3.8) is 0 Å². The van der Waals surface area contributed by atoms with Crippen LogP contribution in [0.2, 0.25) is 0 Å². The number of fused-ring (bicyclic) bond motifs is 1. The quantitative estimate of drug-likeness (QED) is 0.535. The van der Waals surface area contributed by atoms with Gasteiger partial charge >= 0.3 is 11.6 Å². The molecule has 0 bridgehead atoms. The second-order valence-electron chi connectivity index (χ2n) is 4.65. The van der Waals surface area contributed by atoms with Crippen LogP contribution < -0.4 is 20.9 Å². The summed E-state index contributed by atoms with van der Waals surface area (Å²) in [6.45, 7) is -0.811. The van der Waals surface area contributed by atoms with E-state index in [2.05, 4.69) is 9.97 Å². The van der Waals surface area contributed by atoms with Crippen molar-refractivity contribution in [2.45, 2.75) is 6.54 Å². The number of carbonyl (C=O) groups excluding carboxylic acids is 1. The Morgan fingerprint density at radius 3 is 2.64 bits per heavy atom. The third kappa shape index (κ3) is 2.08. The van der Waals surface area contributed by atoms with Crippen LogP contribution >= 0.6 is 0 Å². The lowest BCUT2D eigenvalue weighted by Gasteiger charge is -2.06. The molecule has 0 spiro atoms. The summed E-state index contributed by atoms with van der Waals surface area (Å²) < 4.78 is 3.34. The minimum atomic E-state index is -1.52. The summed E-state index contributed by atoms with van der Waals surface area (Å²) >= 11 is 0. The molecule has 0 saturated carbocycles. The van der Waals surface area contributed by atoms with Crippen LogP contribution in [-0.4, -0.2) is 25.1 Å². The van der Waals surface area contributed by atoms with Crippen LogP contribution in [0.3, 0.4) is 0 Å². The highest BCUT2D eigenvalue weighted by atomic mass is 16.4. The first kappa shape index (κ1) is 13.7. The number of pyridine rings is 1. The van der Waals surface area contributed by atoms with Crippen LogP contribution in [0.4, 0.5) is 0 Å².